The normalized spacial score (nSPS) is 12.2. The van der Waals surface area contributed by atoms with Crippen LogP contribution in [-0.4, -0.2) is 23.6 Å². The van der Waals surface area contributed by atoms with Crippen molar-refractivity contribution in [3.05, 3.63) is 47.6 Å². The molecule has 0 aliphatic carbocycles. The van der Waals surface area contributed by atoms with Crippen LogP contribution in [0.15, 0.2) is 42.0 Å². The second-order valence-electron chi connectivity index (χ2n) is 5.66. The van der Waals surface area contributed by atoms with Crippen LogP contribution in [0.4, 0.5) is 5.69 Å². The molecule has 23 heavy (non-hydrogen) atoms. The van der Waals surface area contributed by atoms with E-state index in [1.54, 1.807) is 18.2 Å². The Morgan fingerprint density at radius 2 is 2.17 bits per heavy atom. The predicted molar refractivity (Wildman–Crippen MR) is 95.3 cm³/mol. The van der Waals surface area contributed by atoms with E-state index >= 15 is 0 Å². The average molecular weight is 312 g/mol. The van der Waals surface area contributed by atoms with Crippen molar-refractivity contribution < 1.29 is 9.90 Å². The summed E-state index contributed by atoms with van der Waals surface area (Å²) in [5, 5.41) is 15.6. The second kappa shape index (κ2) is 8.82. The predicted octanol–water partition coefficient (Wildman–Crippen LogP) is 3.01. The summed E-state index contributed by atoms with van der Waals surface area (Å²) in [4.78, 5) is 10.5. The van der Waals surface area contributed by atoms with Gasteiger partial charge in [0.25, 0.3) is 0 Å². The van der Waals surface area contributed by atoms with Crippen LogP contribution in [0, 0.1) is 12.3 Å². The van der Waals surface area contributed by atoms with E-state index in [2.05, 4.69) is 30.4 Å². The van der Waals surface area contributed by atoms with Gasteiger partial charge in [-0.1, -0.05) is 18.1 Å². The number of nitrogens with one attached hydrogen (secondary N) is 2. The first-order valence-corrected chi connectivity index (χ1v) is 7.51. The van der Waals surface area contributed by atoms with Crippen LogP contribution >= 0.6 is 0 Å². The highest BCUT2D eigenvalue weighted by Crippen LogP contribution is 2.24. The monoisotopic (exact) mass is 312 g/mol. The Morgan fingerprint density at radius 1 is 1.43 bits per heavy atom. The first kappa shape index (κ1) is 18.5. The zero-order valence-corrected chi connectivity index (χ0v) is 13.9. The molecule has 1 aromatic carbocycles. The van der Waals surface area contributed by atoms with Gasteiger partial charge in [0.15, 0.2) is 0 Å². The molecule has 4 heteroatoms. The summed E-state index contributed by atoms with van der Waals surface area (Å²) in [5.74, 6) is 2.56. The van der Waals surface area contributed by atoms with Crippen LogP contribution < -0.4 is 10.6 Å². The summed E-state index contributed by atoms with van der Waals surface area (Å²) >= 11 is 0. The lowest BCUT2D eigenvalue weighted by Crippen LogP contribution is -2.41. The zero-order valence-electron chi connectivity index (χ0n) is 13.9. The molecule has 3 N–H and O–H groups in total. The van der Waals surface area contributed by atoms with Gasteiger partial charge in [-0.15, -0.1) is 6.42 Å². The van der Waals surface area contributed by atoms with Crippen molar-refractivity contribution in [2.24, 2.45) is 0 Å². The molecule has 0 radical (unpaired) electrons. The molecule has 0 aromatic heterocycles. The Morgan fingerprint density at radius 3 is 2.78 bits per heavy atom. The maximum atomic E-state index is 10.5. The number of benzene rings is 1. The van der Waals surface area contributed by atoms with Crippen molar-refractivity contribution in [1.29, 1.82) is 0 Å². The minimum atomic E-state index is -0.205. The number of amides is 1. The molecule has 0 aliphatic rings. The molecule has 0 fully saturated rings. The third-order valence-corrected chi connectivity index (χ3v) is 3.65. The lowest BCUT2D eigenvalue weighted by atomic mass is 9.93. The number of anilines is 1. The lowest BCUT2D eigenvalue weighted by Gasteiger charge is -2.28. The first-order chi connectivity index (χ1) is 10.9. The minimum absolute atomic E-state index is 0.0600. The van der Waals surface area contributed by atoms with Crippen molar-refractivity contribution in [3.8, 4) is 18.1 Å². The highest BCUT2D eigenvalue weighted by molar-refractivity contribution is 5.75. The number of aromatic hydroxyl groups is 1. The molecule has 0 saturated heterocycles. The fraction of sp³-hybridized carbons (Fsp3) is 0.316. The van der Waals surface area contributed by atoms with Crippen LogP contribution in [0.3, 0.4) is 0 Å². The van der Waals surface area contributed by atoms with Gasteiger partial charge in [0, 0.05) is 5.54 Å². The Kier molecular flexibility index (Phi) is 7.11. The van der Waals surface area contributed by atoms with Crippen LogP contribution in [0.25, 0.3) is 0 Å². The molecule has 1 amide bonds. The maximum absolute atomic E-state index is 10.5. The molecule has 0 unspecified atom stereocenters. The van der Waals surface area contributed by atoms with Crippen LogP contribution in [0.1, 0.15) is 26.3 Å². The van der Waals surface area contributed by atoms with Crippen LogP contribution in [0.2, 0.25) is 0 Å². The molecule has 0 saturated carbocycles. The van der Waals surface area contributed by atoms with Crippen molar-refractivity contribution in [1.82, 2.24) is 5.32 Å². The van der Waals surface area contributed by atoms with Gasteiger partial charge in [0.05, 0.1) is 5.69 Å². The van der Waals surface area contributed by atoms with Crippen molar-refractivity contribution in [2.45, 2.75) is 32.7 Å². The number of allylic oxidation sites excluding steroid dienone is 2. The van der Waals surface area contributed by atoms with E-state index in [0.29, 0.717) is 12.1 Å². The number of carbonyl (C=O) groups excluding carboxylic acids is 1. The van der Waals surface area contributed by atoms with E-state index in [4.69, 9.17) is 6.42 Å². The standard InChI is InChI=1S/C19H24N2O2/c1-5-7-8-16(6-2)19(3,4)21-12-11-15-9-10-18(23)17(13-15)20-14-22/h1,6-10,13-14,21,23H,11-12H2,2-4H3,(H,20,22)/b8-7-,16-6+. The molecule has 0 heterocycles. The fourth-order valence-corrected chi connectivity index (χ4v) is 2.34. The van der Waals surface area contributed by atoms with E-state index in [9.17, 15) is 9.90 Å². The van der Waals surface area contributed by atoms with E-state index in [1.807, 2.05) is 25.1 Å². The van der Waals surface area contributed by atoms with Crippen molar-refractivity contribution >= 4 is 12.1 Å². The molecule has 1 rings (SSSR count). The lowest BCUT2D eigenvalue weighted by molar-refractivity contribution is -0.105. The molecular formula is C19H24N2O2. The van der Waals surface area contributed by atoms with E-state index in [1.165, 1.54) is 0 Å². The Bertz CT molecular complexity index is 637. The summed E-state index contributed by atoms with van der Waals surface area (Å²) < 4.78 is 0. The average Bonchev–Trinajstić information content (AvgIpc) is 2.51. The largest absolute Gasteiger partial charge is 0.506 e. The van der Waals surface area contributed by atoms with Crippen LogP contribution in [-0.2, 0) is 11.2 Å². The zero-order chi connectivity index (χ0) is 17.3. The molecular weight excluding hydrogens is 288 g/mol. The second-order valence-corrected chi connectivity index (χ2v) is 5.66. The molecule has 1 aromatic rings. The summed E-state index contributed by atoms with van der Waals surface area (Å²) in [6.45, 7) is 6.93. The van der Waals surface area contributed by atoms with Gasteiger partial charge in [-0.25, -0.2) is 0 Å². The molecule has 0 bridgehead atoms. The van der Waals surface area contributed by atoms with Gasteiger partial charge in [-0.2, -0.15) is 0 Å². The summed E-state index contributed by atoms with van der Waals surface area (Å²) in [5.41, 5.74) is 2.35. The first-order valence-electron chi connectivity index (χ1n) is 7.51. The van der Waals surface area contributed by atoms with Gasteiger partial charge in [0.1, 0.15) is 5.75 Å². The number of phenols is 1. The Hall–Kier alpha value is -2.51. The highest BCUT2D eigenvalue weighted by Gasteiger charge is 2.19. The minimum Gasteiger partial charge on any atom is -0.506 e. The highest BCUT2D eigenvalue weighted by atomic mass is 16.3. The quantitative estimate of drug-likeness (QED) is 0.299. The Labute approximate surface area is 138 Å². The molecule has 0 aliphatic heterocycles. The third-order valence-electron chi connectivity index (χ3n) is 3.65. The van der Waals surface area contributed by atoms with Crippen molar-refractivity contribution in [3.63, 3.8) is 0 Å². The van der Waals surface area contributed by atoms with E-state index < -0.39 is 0 Å². The number of carbonyl (C=O) groups is 1. The topological polar surface area (TPSA) is 61.4 Å². The number of rotatable bonds is 8. The number of hydrogen-bond acceptors (Lipinski definition) is 3. The van der Waals surface area contributed by atoms with Gasteiger partial charge < -0.3 is 15.7 Å². The fourth-order valence-electron chi connectivity index (χ4n) is 2.34. The summed E-state index contributed by atoms with van der Waals surface area (Å²) in [6.07, 6.45) is 12.2. The summed E-state index contributed by atoms with van der Waals surface area (Å²) in [6, 6.07) is 5.20. The van der Waals surface area contributed by atoms with E-state index in [0.717, 1.165) is 24.1 Å². The van der Waals surface area contributed by atoms with Crippen molar-refractivity contribution in [2.75, 3.05) is 11.9 Å². The molecule has 122 valence electrons. The van der Waals surface area contributed by atoms with Gasteiger partial charge in [-0.3, -0.25) is 4.79 Å². The smallest absolute Gasteiger partial charge is 0.211 e. The van der Waals surface area contributed by atoms with Crippen LogP contribution in [0.5, 0.6) is 5.75 Å². The number of phenolic OH excluding ortho intramolecular Hbond substituents is 1. The van der Waals surface area contributed by atoms with Gasteiger partial charge in [-0.05, 0) is 69.2 Å². The van der Waals surface area contributed by atoms with E-state index in [-0.39, 0.29) is 11.3 Å². The molecule has 0 spiro atoms. The van der Waals surface area contributed by atoms with Gasteiger partial charge >= 0.3 is 0 Å². The number of hydrogen-bond donors (Lipinski definition) is 3. The SMILES string of the molecule is C#C/C=C\C(=C/C)C(C)(C)NCCc1ccc(O)c(NC=O)c1. The van der Waals surface area contributed by atoms with Gasteiger partial charge in [0.2, 0.25) is 6.41 Å². The summed E-state index contributed by atoms with van der Waals surface area (Å²) in [7, 11) is 0. The molecule has 0 atom stereocenters. The maximum Gasteiger partial charge on any atom is 0.211 e. The number of terminal acetylenes is 1. The molecule has 4 nitrogen and oxygen atoms in total. The Balaban J connectivity index is 2.69. The third kappa shape index (κ3) is 5.65.